The highest BCUT2D eigenvalue weighted by Crippen LogP contribution is 2.26. The van der Waals surface area contributed by atoms with Gasteiger partial charge in [0, 0.05) is 39.2 Å². The summed E-state index contributed by atoms with van der Waals surface area (Å²) in [5.41, 5.74) is 0.698. The van der Waals surface area contributed by atoms with Gasteiger partial charge in [-0.1, -0.05) is 12.1 Å². The van der Waals surface area contributed by atoms with Gasteiger partial charge in [-0.05, 0) is 12.5 Å². The average molecular weight is 305 g/mol. The van der Waals surface area contributed by atoms with E-state index in [1.165, 1.54) is 12.1 Å². The number of hydrogen-bond acceptors (Lipinski definition) is 4. The van der Waals surface area contributed by atoms with Crippen LogP contribution < -0.4 is 0 Å². The van der Waals surface area contributed by atoms with Crippen molar-refractivity contribution in [2.24, 2.45) is 5.92 Å². The van der Waals surface area contributed by atoms with Gasteiger partial charge in [0.2, 0.25) is 11.8 Å². The van der Waals surface area contributed by atoms with Crippen LogP contribution in [0.25, 0.3) is 0 Å². The predicted molar refractivity (Wildman–Crippen MR) is 80.0 cm³/mol. The third-order valence-corrected chi connectivity index (χ3v) is 4.18. The van der Waals surface area contributed by atoms with Crippen LogP contribution in [0.2, 0.25) is 0 Å². The van der Waals surface area contributed by atoms with Crippen LogP contribution in [0.3, 0.4) is 0 Å². The van der Waals surface area contributed by atoms with Gasteiger partial charge in [-0.25, -0.2) is 0 Å². The van der Waals surface area contributed by atoms with Crippen molar-refractivity contribution in [3.8, 4) is 0 Å². The normalized spacial score (nSPS) is 19.1. The topological polar surface area (TPSA) is 83.8 Å². The molecule has 1 aromatic carbocycles. The molecule has 1 aromatic rings. The fourth-order valence-electron chi connectivity index (χ4n) is 2.63. The summed E-state index contributed by atoms with van der Waals surface area (Å²) in [5.74, 6) is -0.491. The number of likely N-dealkylation sites (tertiary alicyclic amines) is 1. The molecule has 2 unspecified atom stereocenters. The molecule has 0 bridgehead atoms. The third kappa shape index (κ3) is 3.08. The van der Waals surface area contributed by atoms with E-state index in [1.54, 1.807) is 36.0 Å². The summed E-state index contributed by atoms with van der Waals surface area (Å²) in [5, 5.41) is 10.8. The summed E-state index contributed by atoms with van der Waals surface area (Å²) in [6.45, 7) is 2.24. The Morgan fingerprint density at radius 1 is 1.50 bits per heavy atom. The molecule has 118 valence electrons. The minimum Gasteiger partial charge on any atom is -0.345 e. The highest BCUT2D eigenvalue weighted by atomic mass is 16.6. The number of nitrogens with zero attached hydrogens (tertiary/aromatic N) is 3. The molecular weight excluding hydrogens is 286 g/mol. The Morgan fingerprint density at radius 2 is 2.18 bits per heavy atom. The smallest absolute Gasteiger partial charge is 0.269 e. The zero-order chi connectivity index (χ0) is 16.4. The molecule has 7 nitrogen and oxygen atoms in total. The molecule has 22 heavy (non-hydrogen) atoms. The van der Waals surface area contributed by atoms with Crippen LogP contribution in [-0.2, 0) is 9.59 Å². The van der Waals surface area contributed by atoms with Gasteiger partial charge in [0.05, 0.1) is 16.9 Å². The molecule has 0 N–H and O–H groups in total. The summed E-state index contributed by atoms with van der Waals surface area (Å²) >= 11 is 0. The Hall–Kier alpha value is -2.44. The van der Waals surface area contributed by atoms with Gasteiger partial charge in [-0.3, -0.25) is 19.7 Å². The fraction of sp³-hybridized carbons (Fsp3) is 0.467. The highest BCUT2D eigenvalue weighted by Gasteiger charge is 2.35. The number of benzene rings is 1. The second-order valence-corrected chi connectivity index (χ2v) is 5.65. The zero-order valence-corrected chi connectivity index (χ0v) is 12.9. The molecular formula is C15H19N3O4. The first-order valence-electron chi connectivity index (χ1n) is 7.06. The number of non-ortho nitro benzene ring substituents is 1. The Labute approximate surface area is 128 Å². The fourth-order valence-corrected chi connectivity index (χ4v) is 2.63. The molecule has 1 aliphatic rings. The van der Waals surface area contributed by atoms with Crippen molar-refractivity contribution in [3.05, 3.63) is 39.9 Å². The van der Waals surface area contributed by atoms with Gasteiger partial charge in [0.15, 0.2) is 0 Å². The molecule has 0 aliphatic carbocycles. The molecule has 1 aliphatic heterocycles. The van der Waals surface area contributed by atoms with Crippen molar-refractivity contribution in [1.82, 2.24) is 9.80 Å². The average Bonchev–Trinajstić information content (AvgIpc) is 2.84. The van der Waals surface area contributed by atoms with Crippen LogP contribution in [-0.4, -0.2) is 47.2 Å². The molecule has 0 spiro atoms. The van der Waals surface area contributed by atoms with Gasteiger partial charge in [0.1, 0.15) is 0 Å². The molecule has 1 fully saturated rings. The van der Waals surface area contributed by atoms with Gasteiger partial charge < -0.3 is 9.80 Å². The van der Waals surface area contributed by atoms with E-state index in [1.807, 2.05) is 6.92 Å². The van der Waals surface area contributed by atoms with Crippen LogP contribution in [0.5, 0.6) is 0 Å². The largest absolute Gasteiger partial charge is 0.345 e. The summed E-state index contributed by atoms with van der Waals surface area (Å²) in [7, 11) is 3.34. The van der Waals surface area contributed by atoms with E-state index < -0.39 is 4.92 Å². The molecule has 1 heterocycles. The lowest BCUT2D eigenvalue weighted by atomic mass is 10.0. The molecule has 1 saturated heterocycles. The van der Waals surface area contributed by atoms with E-state index in [-0.39, 0.29) is 35.9 Å². The van der Waals surface area contributed by atoms with E-state index in [0.717, 1.165) is 0 Å². The van der Waals surface area contributed by atoms with E-state index >= 15 is 0 Å². The number of rotatable bonds is 4. The molecule has 7 heteroatoms. The van der Waals surface area contributed by atoms with Crippen molar-refractivity contribution >= 4 is 17.5 Å². The standard InChI is InChI=1S/C15H19N3O4/c1-10(11-5-4-6-13(7-11)18(21)22)17(3)15(20)12-8-14(19)16(2)9-12/h4-7,10,12H,8-9H2,1-3H3. The summed E-state index contributed by atoms with van der Waals surface area (Å²) < 4.78 is 0. The predicted octanol–water partition coefficient (Wildman–Crippen LogP) is 1.59. The van der Waals surface area contributed by atoms with Crippen LogP contribution in [0.4, 0.5) is 5.69 Å². The maximum absolute atomic E-state index is 12.5. The molecule has 0 aromatic heterocycles. The third-order valence-electron chi connectivity index (χ3n) is 4.18. The lowest BCUT2D eigenvalue weighted by Gasteiger charge is -2.27. The van der Waals surface area contributed by atoms with E-state index in [9.17, 15) is 19.7 Å². The van der Waals surface area contributed by atoms with Crippen molar-refractivity contribution in [3.63, 3.8) is 0 Å². The highest BCUT2D eigenvalue weighted by molar-refractivity contribution is 5.89. The molecule has 2 rings (SSSR count). The second kappa shape index (κ2) is 6.13. The first kappa shape index (κ1) is 15.9. The number of carbonyl (C=O) groups excluding carboxylic acids is 2. The minimum absolute atomic E-state index is 0.000904. The number of nitro groups is 1. The van der Waals surface area contributed by atoms with Crippen molar-refractivity contribution in [2.75, 3.05) is 20.6 Å². The molecule has 0 saturated carbocycles. The van der Waals surface area contributed by atoms with Crippen molar-refractivity contribution < 1.29 is 14.5 Å². The van der Waals surface area contributed by atoms with E-state index in [4.69, 9.17) is 0 Å². The summed E-state index contributed by atoms with van der Waals surface area (Å²) in [4.78, 5) is 37.5. The van der Waals surface area contributed by atoms with Crippen LogP contribution in [0.1, 0.15) is 24.9 Å². The maximum atomic E-state index is 12.5. The minimum atomic E-state index is -0.456. The zero-order valence-electron chi connectivity index (χ0n) is 12.9. The number of amides is 2. The molecule has 0 radical (unpaired) electrons. The summed E-state index contributed by atoms with van der Waals surface area (Å²) in [6, 6.07) is 5.96. The van der Waals surface area contributed by atoms with Crippen LogP contribution in [0, 0.1) is 16.0 Å². The number of nitro benzene ring substituents is 1. The van der Waals surface area contributed by atoms with Crippen molar-refractivity contribution in [1.29, 1.82) is 0 Å². The monoisotopic (exact) mass is 305 g/mol. The van der Waals surface area contributed by atoms with Crippen LogP contribution >= 0.6 is 0 Å². The Balaban J connectivity index is 2.13. The van der Waals surface area contributed by atoms with Gasteiger partial charge in [0.25, 0.3) is 5.69 Å². The Morgan fingerprint density at radius 3 is 2.73 bits per heavy atom. The van der Waals surface area contributed by atoms with Crippen molar-refractivity contribution in [2.45, 2.75) is 19.4 Å². The number of hydrogen-bond donors (Lipinski definition) is 0. The quantitative estimate of drug-likeness (QED) is 0.624. The first-order chi connectivity index (χ1) is 10.3. The van der Waals surface area contributed by atoms with E-state index in [2.05, 4.69) is 0 Å². The molecule has 2 atom stereocenters. The summed E-state index contributed by atoms with van der Waals surface area (Å²) in [6.07, 6.45) is 0.224. The van der Waals surface area contributed by atoms with Gasteiger partial charge in [-0.2, -0.15) is 0 Å². The van der Waals surface area contributed by atoms with Gasteiger partial charge >= 0.3 is 0 Å². The molecule has 2 amide bonds. The SMILES string of the molecule is CC(c1cccc([N+](=O)[O-])c1)N(C)C(=O)C1CC(=O)N(C)C1. The maximum Gasteiger partial charge on any atom is 0.269 e. The van der Waals surface area contributed by atoms with Crippen LogP contribution in [0.15, 0.2) is 24.3 Å². The number of carbonyl (C=O) groups is 2. The Kier molecular flexibility index (Phi) is 4.44. The lowest BCUT2D eigenvalue weighted by molar-refractivity contribution is -0.384. The first-order valence-corrected chi connectivity index (χ1v) is 7.06. The second-order valence-electron chi connectivity index (χ2n) is 5.65. The van der Waals surface area contributed by atoms with E-state index in [0.29, 0.717) is 12.1 Å². The lowest BCUT2D eigenvalue weighted by Crippen LogP contribution is -2.36. The Bertz CT molecular complexity index is 617. The van der Waals surface area contributed by atoms with Gasteiger partial charge in [-0.15, -0.1) is 0 Å².